The second kappa shape index (κ2) is 6.06. The van der Waals surface area contributed by atoms with E-state index >= 15 is 0 Å². The smallest absolute Gasteiger partial charge is 0.271 e. The topological polar surface area (TPSA) is 84.2 Å². The van der Waals surface area contributed by atoms with Crippen molar-refractivity contribution in [3.63, 3.8) is 0 Å². The van der Waals surface area contributed by atoms with Gasteiger partial charge in [0.1, 0.15) is 5.69 Å². The minimum Gasteiger partial charge on any atom is -0.343 e. The Morgan fingerprint density at radius 3 is 2.88 bits per heavy atom. The fourth-order valence-corrected chi connectivity index (χ4v) is 3.29. The molecule has 126 valence electrons. The summed E-state index contributed by atoms with van der Waals surface area (Å²) in [6.45, 7) is 1.86. The van der Waals surface area contributed by atoms with Crippen molar-refractivity contribution in [3.05, 3.63) is 75.9 Å². The number of hydrogen-bond acceptors (Lipinski definition) is 4. The van der Waals surface area contributed by atoms with Crippen molar-refractivity contribution < 1.29 is 4.79 Å². The molecule has 0 aliphatic heterocycles. The molecule has 0 bridgehead atoms. The maximum Gasteiger partial charge on any atom is 0.271 e. The van der Waals surface area contributed by atoms with Gasteiger partial charge >= 0.3 is 0 Å². The Bertz CT molecular complexity index is 1060. The van der Waals surface area contributed by atoms with Gasteiger partial charge in [-0.05, 0) is 19.1 Å². The number of imidazole rings is 1. The molecule has 1 atom stereocenters. The summed E-state index contributed by atoms with van der Waals surface area (Å²) in [6.07, 6.45) is 3.80. The fraction of sp³-hybridized carbons (Fsp3) is 0.118. The first kappa shape index (κ1) is 15.4. The Balaban J connectivity index is 1.55. The van der Waals surface area contributed by atoms with Crippen molar-refractivity contribution in [1.29, 1.82) is 0 Å². The van der Waals surface area contributed by atoms with Crippen LogP contribution in [0.2, 0.25) is 0 Å². The van der Waals surface area contributed by atoms with Crippen molar-refractivity contribution in [1.82, 2.24) is 24.5 Å². The number of nitrogens with one attached hydrogen (secondary N) is 2. The minimum absolute atomic E-state index is 0.210. The van der Waals surface area contributed by atoms with Crippen LogP contribution in [0.3, 0.4) is 0 Å². The van der Waals surface area contributed by atoms with Crippen LogP contribution < -0.4 is 10.9 Å². The zero-order valence-corrected chi connectivity index (χ0v) is 14.2. The number of thiazole rings is 1. The van der Waals surface area contributed by atoms with Gasteiger partial charge < -0.3 is 5.32 Å². The molecule has 7 nitrogen and oxygen atoms in total. The Morgan fingerprint density at radius 2 is 2.12 bits per heavy atom. The van der Waals surface area contributed by atoms with Crippen LogP contribution in [0.1, 0.15) is 29.1 Å². The molecule has 25 heavy (non-hydrogen) atoms. The summed E-state index contributed by atoms with van der Waals surface area (Å²) in [5, 5.41) is 7.66. The number of carbonyl (C=O) groups excluding carboxylic acids is 1. The van der Waals surface area contributed by atoms with Crippen LogP contribution in [0.5, 0.6) is 0 Å². The molecule has 4 rings (SSSR count). The molecule has 0 saturated heterocycles. The minimum atomic E-state index is -0.351. The SMILES string of the molecule is CC(NC(=O)c1cc(=O)n(-c2ccccc2)[nH]1)c1cn2ccsc2n1. The van der Waals surface area contributed by atoms with E-state index in [4.69, 9.17) is 0 Å². The van der Waals surface area contributed by atoms with E-state index in [0.29, 0.717) is 5.69 Å². The van der Waals surface area contributed by atoms with E-state index in [0.717, 1.165) is 10.7 Å². The molecule has 4 aromatic rings. The Morgan fingerprint density at radius 1 is 1.32 bits per heavy atom. The highest BCUT2D eigenvalue weighted by Crippen LogP contribution is 2.17. The van der Waals surface area contributed by atoms with Crippen LogP contribution in [0, 0.1) is 0 Å². The Kier molecular flexibility index (Phi) is 3.73. The summed E-state index contributed by atoms with van der Waals surface area (Å²) in [5.41, 5.74) is 1.37. The average molecular weight is 353 g/mol. The lowest BCUT2D eigenvalue weighted by Crippen LogP contribution is -2.27. The highest BCUT2D eigenvalue weighted by molar-refractivity contribution is 7.15. The number of hydrogen-bond donors (Lipinski definition) is 2. The quantitative estimate of drug-likeness (QED) is 0.591. The summed E-state index contributed by atoms with van der Waals surface area (Å²) in [7, 11) is 0. The molecule has 0 aliphatic carbocycles. The molecule has 3 heterocycles. The van der Waals surface area contributed by atoms with Crippen LogP contribution >= 0.6 is 11.3 Å². The number of aromatic amines is 1. The molecule has 0 fully saturated rings. The first-order valence-corrected chi connectivity index (χ1v) is 8.60. The van der Waals surface area contributed by atoms with Crippen LogP contribution in [-0.4, -0.2) is 25.1 Å². The summed E-state index contributed by atoms with van der Waals surface area (Å²) in [4.78, 5) is 29.9. The number of aromatic nitrogens is 4. The van der Waals surface area contributed by atoms with Gasteiger partial charge in [0.2, 0.25) is 0 Å². The van der Waals surface area contributed by atoms with E-state index < -0.39 is 0 Å². The fourth-order valence-electron chi connectivity index (χ4n) is 2.58. The molecule has 0 aliphatic rings. The third-order valence-corrected chi connectivity index (χ3v) is 4.65. The van der Waals surface area contributed by atoms with Crippen molar-refractivity contribution in [2.45, 2.75) is 13.0 Å². The van der Waals surface area contributed by atoms with E-state index in [2.05, 4.69) is 15.4 Å². The third-order valence-electron chi connectivity index (χ3n) is 3.88. The van der Waals surface area contributed by atoms with Gasteiger partial charge in [-0.2, -0.15) is 0 Å². The molecular weight excluding hydrogens is 338 g/mol. The van der Waals surface area contributed by atoms with Crippen molar-refractivity contribution in [2.24, 2.45) is 0 Å². The van der Waals surface area contributed by atoms with E-state index in [-0.39, 0.29) is 23.2 Å². The molecule has 3 aromatic heterocycles. The van der Waals surface area contributed by atoms with Gasteiger partial charge in [0, 0.05) is 23.8 Å². The standard InChI is InChI=1S/C17H15N5O2S/c1-11(14-10-21-7-8-25-17(21)19-14)18-16(24)13-9-15(23)22(20-13)12-5-3-2-4-6-12/h2-11,20H,1H3,(H,18,24). The predicted octanol–water partition coefficient (Wildman–Crippen LogP) is 2.37. The number of amides is 1. The number of fused-ring (bicyclic) bond motifs is 1. The number of H-pyrrole nitrogens is 1. The molecule has 0 saturated carbocycles. The number of carbonyl (C=O) groups is 1. The van der Waals surface area contributed by atoms with Crippen molar-refractivity contribution in [2.75, 3.05) is 0 Å². The zero-order chi connectivity index (χ0) is 17.4. The van der Waals surface area contributed by atoms with Gasteiger partial charge in [-0.3, -0.25) is 19.1 Å². The van der Waals surface area contributed by atoms with Gasteiger partial charge in [0.05, 0.1) is 17.4 Å². The lowest BCUT2D eigenvalue weighted by molar-refractivity contribution is 0.0933. The second-order valence-electron chi connectivity index (χ2n) is 5.63. The first-order chi connectivity index (χ1) is 12.1. The molecule has 1 unspecified atom stereocenters. The highest BCUT2D eigenvalue weighted by atomic mass is 32.1. The lowest BCUT2D eigenvalue weighted by Gasteiger charge is -2.10. The summed E-state index contributed by atoms with van der Waals surface area (Å²) < 4.78 is 3.25. The molecule has 2 N–H and O–H groups in total. The summed E-state index contributed by atoms with van der Waals surface area (Å²) in [6, 6.07) is 10.1. The van der Waals surface area contributed by atoms with Gasteiger partial charge in [-0.25, -0.2) is 9.67 Å². The maximum atomic E-state index is 12.5. The first-order valence-electron chi connectivity index (χ1n) is 7.72. The normalized spacial score (nSPS) is 12.4. The molecule has 8 heteroatoms. The number of rotatable bonds is 4. The van der Waals surface area contributed by atoms with Crippen LogP contribution in [0.4, 0.5) is 0 Å². The van der Waals surface area contributed by atoms with Crippen molar-refractivity contribution >= 4 is 22.2 Å². The molecule has 1 amide bonds. The van der Waals surface area contributed by atoms with E-state index in [1.54, 1.807) is 12.1 Å². The van der Waals surface area contributed by atoms with Gasteiger partial charge in [0.15, 0.2) is 4.96 Å². The van der Waals surface area contributed by atoms with Crippen LogP contribution in [0.15, 0.2) is 59.0 Å². The number of benzene rings is 1. The Labute approximate surface area is 146 Å². The molecule has 1 aromatic carbocycles. The third kappa shape index (κ3) is 2.87. The zero-order valence-electron chi connectivity index (χ0n) is 13.3. The van der Waals surface area contributed by atoms with Gasteiger partial charge in [-0.1, -0.05) is 18.2 Å². The average Bonchev–Trinajstić information content (AvgIpc) is 3.29. The maximum absolute atomic E-state index is 12.5. The van der Waals surface area contributed by atoms with Crippen LogP contribution in [-0.2, 0) is 0 Å². The van der Waals surface area contributed by atoms with Gasteiger partial charge in [0.25, 0.3) is 11.5 Å². The lowest BCUT2D eigenvalue weighted by atomic mass is 10.2. The number of para-hydroxylation sites is 1. The largest absolute Gasteiger partial charge is 0.343 e. The predicted molar refractivity (Wildman–Crippen MR) is 95.3 cm³/mol. The molecule has 0 spiro atoms. The second-order valence-corrected chi connectivity index (χ2v) is 6.51. The highest BCUT2D eigenvalue weighted by Gasteiger charge is 2.17. The molecule has 0 radical (unpaired) electrons. The van der Waals surface area contributed by atoms with Crippen LogP contribution in [0.25, 0.3) is 10.6 Å². The summed E-state index contributed by atoms with van der Waals surface area (Å²) in [5.74, 6) is -0.351. The van der Waals surface area contributed by atoms with Crippen molar-refractivity contribution in [3.8, 4) is 5.69 Å². The monoisotopic (exact) mass is 353 g/mol. The van der Waals surface area contributed by atoms with E-state index in [9.17, 15) is 9.59 Å². The Hall–Kier alpha value is -3.13. The number of nitrogens with zero attached hydrogens (tertiary/aromatic N) is 3. The van der Waals surface area contributed by atoms with E-state index in [1.807, 2.05) is 47.3 Å². The van der Waals surface area contributed by atoms with E-state index in [1.165, 1.54) is 22.1 Å². The summed E-state index contributed by atoms with van der Waals surface area (Å²) >= 11 is 1.53. The van der Waals surface area contributed by atoms with Gasteiger partial charge in [-0.15, -0.1) is 11.3 Å². The molecular formula is C17H15N5O2S.